The molecule has 5 nitrogen and oxygen atoms in total. The van der Waals surface area contributed by atoms with Gasteiger partial charge < -0.3 is 20.6 Å². The standard InChI is InChI=1S/C15H14N4OS/c1-9-4-2-3-5-11(9)17-14(20)16-10-6-7-12-13(8-10)19-15(21)18-12/h2-8H,1H3,(H2,16,17,20)(H2,18,19,21). The van der Waals surface area contributed by atoms with Crippen molar-refractivity contribution in [3.63, 3.8) is 0 Å². The molecule has 1 heterocycles. The predicted octanol–water partition coefficient (Wildman–Crippen LogP) is 4.18. The summed E-state index contributed by atoms with van der Waals surface area (Å²) in [7, 11) is 0. The summed E-state index contributed by atoms with van der Waals surface area (Å²) in [5.74, 6) is 0. The Balaban J connectivity index is 1.77. The molecule has 0 spiro atoms. The van der Waals surface area contributed by atoms with Crippen LogP contribution in [0.15, 0.2) is 42.5 Å². The summed E-state index contributed by atoms with van der Waals surface area (Å²) in [5.41, 5.74) is 4.26. The number of nitrogens with one attached hydrogen (secondary N) is 4. The fourth-order valence-corrected chi connectivity index (χ4v) is 2.33. The molecular weight excluding hydrogens is 284 g/mol. The first kappa shape index (κ1) is 13.4. The number of hydrogen-bond donors (Lipinski definition) is 4. The number of urea groups is 1. The Labute approximate surface area is 126 Å². The van der Waals surface area contributed by atoms with Gasteiger partial charge in [0, 0.05) is 11.4 Å². The lowest BCUT2D eigenvalue weighted by Crippen LogP contribution is -2.19. The van der Waals surface area contributed by atoms with E-state index in [0.29, 0.717) is 10.5 Å². The summed E-state index contributed by atoms with van der Waals surface area (Å²) in [6.07, 6.45) is 0. The predicted molar refractivity (Wildman–Crippen MR) is 87.3 cm³/mol. The van der Waals surface area contributed by atoms with E-state index >= 15 is 0 Å². The van der Waals surface area contributed by atoms with Crippen LogP contribution in [-0.2, 0) is 0 Å². The minimum Gasteiger partial charge on any atom is -0.331 e. The number of aryl methyl sites for hydroxylation is 1. The monoisotopic (exact) mass is 298 g/mol. The molecule has 2 amide bonds. The van der Waals surface area contributed by atoms with Crippen LogP contribution in [0.1, 0.15) is 5.56 Å². The van der Waals surface area contributed by atoms with Crippen molar-refractivity contribution in [3.8, 4) is 0 Å². The van der Waals surface area contributed by atoms with Gasteiger partial charge in [-0.05, 0) is 49.0 Å². The van der Waals surface area contributed by atoms with Gasteiger partial charge in [0.2, 0.25) is 0 Å². The molecule has 3 aromatic rings. The first-order valence-corrected chi connectivity index (χ1v) is 6.88. The molecule has 0 fully saturated rings. The highest BCUT2D eigenvalue weighted by molar-refractivity contribution is 7.71. The van der Waals surface area contributed by atoms with Gasteiger partial charge in [-0.2, -0.15) is 0 Å². The number of benzene rings is 2. The Bertz CT molecular complexity index is 865. The van der Waals surface area contributed by atoms with Crippen molar-refractivity contribution in [3.05, 3.63) is 52.8 Å². The highest BCUT2D eigenvalue weighted by atomic mass is 32.1. The van der Waals surface area contributed by atoms with Crippen molar-refractivity contribution in [2.24, 2.45) is 0 Å². The Morgan fingerprint density at radius 1 is 1.05 bits per heavy atom. The molecule has 0 radical (unpaired) electrons. The number of amides is 2. The van der Waals surface area contributed by atoms with Crippen molar-refractivity contribution in [1.82, 2.24) is 9.97 Å². The summed E-state index contributed by atoms with van der Waals surface area (Å²) in [5, 5.41) is 5.62. The zero-order chi connectivity index (χ0) is 14.8. The number of carbonyl (C=O) groups is 1. The third-order valence-corrected chi connectivity index (χ3v) is 3.37. The van der Waals surface area contributed by atoms with Gasteiger partial charge in [0.1, 0.15) is 0 Å². The molecule has 3 rings (SSSR count). The fourth-order valence-electron chi connectivity index (χ4n) is 2.11. The van der Waals surface area contributed by atoms with E-state index in [1.54, 1.807) is 0 Å². The topological polar surface area (TPSA) is 72.7 Å². The molecule has 0 unspecified atom stereocenters. The number of para-hydroxylation sites is 1. The molecule has 6 heteroatoms. The molecule has 0 bridgehead atoms. The van der Waals surface area contributed by atoms with E-state index in [1.807, 2.05) is 49.4 Å². The lowest BCUT2D eigenvalue weighted by Gasteiger charge is -2.09. The Morgan fingerprint density at radius 2 is 1.81 bits per heavy atom. The average Bonchev–Trinajstić information content (AvgIpc) is 2.80. The third-order valence-electron chi connectivity index (χ3n) is 3.17. The van der Waals surface area contributed by atoms with Crippen molar-refractivity contribution < 1.29 is 4.79 Å². The number of anilines is 2. The summed E-state index contributed by atoms with van der Waals surface area (Å²) in [4.78, 5) is 18.1. The van der Waals surface area contributed by atoms with Gasteiger partial charge in [-0.1, -0.05) is 18.2 Å². The lowest BCUT2D eigenvalue weighted by atomic mass is 10.2. The third kappa shape index (κ3) is 2.95. The Kier molecular flexibility index (Phi) is 3.45. The number of hydrogen-bond acceptors (Lipinski definition) is 2. The van der Waals surface area contributed by atoms with Crippen LogP contribution in [0.25, 0.3) is 11.0 Å². The van der Waals surface area contributed by atoms with E-state index in [2.05, 4.69) is 20.6 Å². The smallest absolute Gasteiger partial charge is 0.323 e. The maximum Gasteiger partial charge on any atom is 0.323 e. The Hall–Kier alpha value is -2.60. The maximum atomic E-state index is 12.0. The quantitative estimate of drug-likeness (QED) is 0.536. The van der Waals surface area contributed by atoms with Crippen LogP contribution < -0.4 is 10.6 Å². The number of rotatable bonds is 2. The molecule has 0 aliphatic carbocycles. The Morgan fingerprint density at radius 3 is 2.62 bits per heavy atom. The van der Waals surface area contributed by atoms with E-state index in [-0.39, 0.29) is 6.03 Å². The second kappa shape index (κ2) is 5.41. The molecule has 2 aromatic carbocycles. The van der Waals surface area contributed by atoms with E-state index < -0.39 is 0 Å². The molecule has 0 aliphatic rings. The molecule has 21 heavy (non-hydrogen) atoms. The molecule has 0 aliphatic heterocycles. The fraction of sp³-hybridized carbons (Fsp3) is 0.0667. The number of imidazole rings is 1. The molecule has 0 saturated carbocycles. The minimum atomic E-state index is -0.280. The number of fused-ring (bicyclic) bond motifs is 1. The SMILES string of the molecule is Cc1ccccc1NC(=O)Nc1ccc2[nH]c(=S)[nH]c2c1. The van der Waals surface area contributed by atoms with Crippen LogP contribution in [0.3, 0.4) is 0 Å². The second-order valence-electron chi connectivity index (χ2n) is 4.73. The number of aromatic amines is 2. The van der Waals surface area contributed by atoms with Crippen molar-refractivity contribution in [2.45, 2.75) is 6.92 Å². The summed E-state index contributed by atoms with van der Waals surface area (Å²) in [6.45, 7) is 1.95. The molecular formula is C15H14N4OS. The molecule has 0 saturated heterocycles. The van der Waals surface area contributed by atoms with Crippen LogP contribution in [0.5, 0.6) is 0 Å². The van der Waals surface area contributed by atoms with Crippen LogP contribution in [0, 0.1) is 11.7 Å². The van der Waals surface area contributed by atoms with Crippen LogP contribution in [0.2, 0.25) is 0 Å². The van der Waals surface area contributed by atoms with E-state index in [4.69, 9.17) is 12.2 Å². The summed E-state index contributed by atoms with van der Waals surface area (Å²) < 4.78 is 0.562. The summed E-state index contributed by atoms with van der Waals surface area (Å²) >= 11 is 5.03. The van der Waals surface area contributed by atoms with Crippen molar-refractivity contribution in [2.75, 3.05) is 10.6 Å². The van der Waals surface area contributed by atoms with Gasteiger partial charge >= 0.3 is 6.03 Å². The van der Waals surface area contributed by atoms with Crippen molar-refractivity contribution in [1.29, 1.82) is 0 Å². The van der Waals surface area contributed by atoms with E-state index in [1.165, 1.54) is 0 Å². The first-order chi connectivity index (χ1) is 10.1. The van der Waals surface area contributed by atoms with Gasteiger partial charge in [0.25, 0.3) is 0 Å². The highest BCUT2D eigenvalue weighted by Crippen LogP contribution is 2.17. The zero-order valence-corrected chi connectivity index (χ0v) is 12.2. The maximum absolute atomic E-state index is 12.0. The number of H-pyrrole nitrogens is 2. The second-order valence-corrected chi connectivity index (χ2v) is 5.14. The lowest BCUT2D eigenvalue weighted by molar-refractivity contribution is 0.262. The van der Waals surface area contributed by atoms with Gasteiger partial charge in [-0.25, -0.2) is 4.79 Å². The number of aromatic nitrogens is 2. The van der Waals surface area contributed by atoms with Crippen LogP contribution in [0.4, 0.5) is 16.2 Å². The summed E-state index contributed by atoms with van der Waals surface area (Å²) in [6, 6.07) is 12.9. The average molecular weight is 298 g/mol. The van der Waals surface area contributed by atoms with Crippen LogP contribution in [-0.4, -0.2) is 16.0 Å². The van der Waals surface area contributed by atoms with E-state index in [0.717, 1.165) is 22.3 Å². The highest BCUT2D eigenvalue weighted by Gasteiger charge is 2.05. The normalized spacial score (nSPS) is 10.5. The van der Waals surface area contributed by atoms with Crippen molar-refractivity contribution >= 4 is 40.7 Å². The minimum absolute atomic E-state index is 0.280. The largest absolute Gasteiger partial charge is 0.331 e. The molecule has 1 aromatic heterocycles. The van der Waals surface area contributed by atoms with Gasteiger partial charge in [-0.15, -0.1) is 0 Å². The molecule has 0 atom stereocenters. The van der Waals surface area contributed by atoms with E-state index in [9.17, 15) is 4.79 Å². The zero-order valence-electron chi connectivity index (χ0n) is 11.4. The van der Waals surface area contributed by atoms with Gasteiger partial charge in [0.15, 0.2) is 4.77 Å². The van der Waals surface area contributed by atoms with Gasteiger partial charge in [0.05, 0.1) is 11.0 Å². The van der Waals surface area contributed by atoms with Gasteiger partial charge in [-0.3, -0.25) is 0 Å². The van der Waals surface area contributed by atoms with Crippen LogP contribution >= 0.6 is 12.2 Å². The first-order valence-electron chi connectivity index (χ1n) is 6.47. The number of carbonyl (C=O) groups excluding carboxylic acids is 1. The molecule has 106 valence electrons. The molecule has 4 N–H and O–H groups in total.